The first-order valence-corrected chi connectivity index (χ1v) is 5.06. The van der Waals surface area contributed by atoms with Crippen LogP contribution in [0.2, 0.25) is 0 Å². The van der Waals surface area contributed by atoms with Gasteiger partial charge in [-0.1, -0.05) is 6.07 Å². The summed E-state index contributed by atoms with van der Waals surface area (Å²) in [6.45, 7) is 0. The van der Waals surface area contributed by atoms with E-state index >= 15 is 0 Å². The Balaban J connectivity index is 2.40. The molecule has 0 atom stereocenters. The molecule has 0 fully saturated rings. The van der Waals surface area contributed by atoms with Crippen molar-refractivity contribution in [2.45, 2.75) is 12.8 Å². The lowest BCUT2D eigenvalue weighted by Gasteiger charge is -2.13. The molecule has 0 amide bonds. The maximum absolute atomic E-state index is 11.3. The summed E-state index contributed by atoms with van der Waals surface area (Å²) in [5.41, 5.74) is 3.48. The monoisotopic (exact) mass is 213 g/mol. The first kappa shape index (κ1) is 10.4. The SMILES string of the molecule is COC(=O)c1ccc2c(c1)CCC(C#N)=C2. The minimum atomic E-state index is -0.321. The van der Waals surface area contributed by atoms with E-state index in [4.69, 9.17) is 5.26 Å². The molecule has 1 aromatic carbocycles. The molecule has 2 rings (SSSR count). The number of rotatable bonds is 1. The molecule has 0 saturated heterocycles. The van der Waals surface area contributed by atoms with Crippen molar-refractivity contribution in [2.75, 3.05) is 7.11 Å². The van der Waals surface area contributed by atoms with Gasteiger partial charge >= 0.3 is 5.97 Å². The number of fused-ring (bicyclic) bond motifs is 1. The van der Waals surface area contributed by atoms with Crippen LogP contribution in [0.15, 0.2) is 23.8 Å². The zero-order valence-electron chi connectivity index (χ0n) is 8.99. The van der Waals surface area contributed by atoms with Crippen molar-refractivity contribution in [1.29, 1.82) is 5.26 Å². The normalized spacial score (nSPS) is 13.4. The second-order valence-electron chi connectivity index (χ2n) is 3.69. The van der Waals surface area contributed by atoms with E-state index in [0.29, 0.717) is 5.56 Å². The van der Waals surface area contributed by atoms with Crippen molar-refractivity contribution in [2.24, 2.45) is 0 Å². The van der Waals surface area contributed by atoms with Crippen LogP contribution in [0.4, 0.5) is 0 Å². The van der Waals surface area contributed by atoms with Gasteiger partial charge in [0.2, 0.25) is 0 Å². The van der Waals surface area contributed by atoms with Crippen LogP contribution in [-0.4, -0.2) is 13.1 Å². The van der Waals surface area contributed by atoms with E-state index in [2.05, 4.69) is 10.8 Å². The van der Waals surface area contributed by atoms with Gasteiger partial charge in [0.25, 0.3) is 0 Å². The molecule has 0 aliphatic heterocycles. The third-order valence-electron chi connectivity index (χ3n) is 2.70. The quantitative estimate of drug-likeness (QED) is 0.673. The molecule has 0 spiro atoms. The summed E-state index contributed by atoms with van der Waals surface area (Å²) in [6.07, 6.45) is 3.42. The number of allylic oxidation sites excluding steroid dienone is 1. The third-order valence-corrected chi connectivity index (χ3v) is 2.70. The van der Waals surface area contributed by atoms with E-state index < -0.39 is 0 Å². The maximum atomic E-state index is 11.3. The van der Waals surface area contributed by atoms with Crippen LogP contribution in [0.25, 0.3) is 6.08 Å². The van der Waals surface area contributed by atoms with Crippen LogP contribution in [0, 0.1) is 11.3 Å². The average molecular weight is 213 g/mol. The molecule has 80 valence electrons. The number of ether oxygens (including phenoxy) is 1. The number of carbonyl (C=O) groups is 1. The molecular weight excluding hydrogens is 202 g/mol. The molecule has 1 aliphatic carbocycles. The van der Waals surface area contributed by atoms with Gasteiger partial charge in [0.05, 0.1) is 18.7 Å². The molecule has 0 unspecified atom stereocenters. The first-order chi connectivity index (χ1) is 7.74. The minimum absolute atomic E-state index is 0.321. The van der Waals surface area contributed by atoms with Gasteiger partial charge in [-0.05, 0) is 42.2 Å². The van der Waals surface area contributed by atoms with Gasteiger partial charge in [0, 0.05) is 5.57 Å². The molecule has 0 N–H and O–H groups in total. The smallest absolute Gasteiger partial charge is 0.337 e. The lowest BCUT2D eigenvalue weighted by Crippen LogP contribution is -2.05. The van der Waals surface area contributed by atoms with Crippen molar-refractivity contribution in [3.63, 3.8) is 0 Å². The summed E-state index contributed by atoms with van der Waals surface area (Å²) in [4.78, 5) is 11.3. The third kappa shape index (κ3) is 1.82. The van der Waals surface area contributed by atoms with Crippen LogP contribution < -0.4 is 0 Å². The molecule has 1 aliphatic rings. The number of methoxy groups -OCH3 is 1. The van der Waals surface area contributed by atoms with Gasteiger partial charge in [0.1, 0.15) is 0 Å². The Kier molecular flexibility index (Phi) is 2.74. The van der Waals surface area contributed by atoms with E-state index in [1.54, 1.807) is 6.07 Å². The van der Waals surface area contributed by atoms with Gasteiger partial charge in [-0.15, -0.1) is 0 Å². The summed E-state index contributed by atoms with van der Waals surface area (Å²) in [6, 6.07) is 7.58. The molecule has 3 nitrogen and oxygen atoms in total. The summed E-state index contributed by atoms with van der Waals surface area (Å²) in [5, 5.41) is 8.81. The second kappa shape index (κ2) is 4.19. The Labute approximate surface area is 94.0 Å². The number of nitriles is 1. The number of hydrogen-bond acceptors (Lipinski definition) is 3. The molecule has 3 heteroatoms. The van der Waals surface area contributed by atoms with Crippen LogP contribution in [0.1, 0.15) is 27.9 Å². The Bertz CT molecular complexity index is 509. The lowest BCUT2D eigenvalue weighted by molar-refractivity contribution is 0.0600. The highest BCUT2D eigenvalue weighted by atomic mass is 16.5. The highest BCUT2D eigenvalue weighted by molar-refractivity contribution is 5.90. The van der Waals surface area contributed by atoms with E-state index in [0.717, 1.165) is 29.5 Å². The topological polar surface area (TPSA) is 50.1 Å². The van der Waals surface area contributed by atoms with E-state index in [1.165, 1.54) is 7.11 Å². The Hall–Kier alpha value is -2.08. The molecule has 0 heterocycles. The summed E-state index contributed by atoms with van der Waals surface area (Å²) in [5.74, 6) is -0.321. The summed E-state index contributed by atoms with van der Waals surface area (Å²) in [7, 11) is 1.37. The minimum Gasteiger partial charge on any atom is -0.465 e. The molecular formula is C13H11NO2. The van der Waals surface area contributed by atoms with Crippen molar-refractivity contribution in [3.8, 4) is 6.07 Å². The van der Waals surface area contributed by atoms with E-state index in [1.807, 2.05) is 18.2 Å². The van der Waals surface area contributed by atoms with E-state index in [9.17, 15) is 4.79 Å². The molecule has 16 heavy (non-hydrogen) atoms. The zero-order valence-corrected chi connectivity index (χ0v) is 8.99. The summed E-state index contributed by atoms with van der Waals surface area (Å²) < 4.78 is 4.66. The van der Waals surface area contributed by atoms with Crippen molar-refractivity contribution < 1.29 is 9.53 Å². The van der Waals surface area contributed by atoms with Gasteiger partial charge in [-0.3, -0.25) is 0 Å². The number of esters is 1. The maximum Gasteiger partial charge on any atom is 0.337 e. The van der Waals surface area contributed by atoms with Gasteiger partial charge in [0.15, 0.2) is 0 Å². The molecule has 1 aromatic rings. The number of benzene rings is 1. The van der Waals surface area contributed by atoms with Gasteiger partial charge in [-0.25, -0.2) is 4.79 Å². The van der Waals surface area contributed by atoms with E-state index in [-0.39, 0.29) is 5.97 Å². The molecule has 0 aromatic heterocycles. The van der Waals surface area contributed by atoms with Crippen molar-refractivity contribution >= 4 is 12.0 Å². The van der Waals surface area contributed by atoms with Crippen molar-refractivity contribution in [1.82, 2.24) is 0 Å². The highest BCUT2D eigenvalue weighted by Gasteiger charge is 2.13. The van der Waals surface area contributed by atoms with Gasteiger partial charge < -0.3 is 4.74 Å². The Morgan fingerprint density at radius 2 is 2.25 bits per heavy atom. The number of hydrogen-bond donors (Lipinski definition) is 0. The Morgan fingerprint density at radius 3 is 2.94 bits per heavy atom. The Morgan fingerprint density at radius 1 is 1.44 bits per heavy atom. The number of aryl methyl sites for hydroxylation is 1. The fraction of sp³-hybridized carbons (Fsp3) is 0.231. The highest BCUT2D eigenvalue weighted by Crippen LogP contribution is 2.24. The number of carbonyl (C=O) groups excluding carboxylic acids is 1. The lowest BCUT2D eigenvalue weighted by atomic mass is 9.91. The van der Waals surface area contributed by atoms with Crippen LogP contribution in [0.5, 0.6) is 0 Å². The second-order valence-corrected chi connectivity index (χ2v) is 3.69. The molecule has 0 saturated carbocycles. The largest absolute Gasteiger partial charge is 0.465 e. The fourth-order valence-corrected chi connectivity index (χ4v) is 1.83. The van der Waals surface area contributed by atoms with Crippen LogP contribution >= 0.6 is 0 Å². The summed E-state index contributed by atoms with van der Waals surface area (Å²) >= 11 is 0. The fourth-order valence-electron chi connectivity index (χ4n) is 1.83. The standard InChI is InChI=1S/C13H11NO2/c1-16-13(15)12-5-4-10-6-9(8-14)2-3-11(10)7-12/h4-7H,2-3H2,1H3. The predicted molar refractivity (Wildman–Crippen MR) is 59.7 cm³/mol. The van der Waals surface area contributed by atoms with Gasteiger partial charge in [-0.2, -0.15) is 5.26 Å². The number of nitrogens with zero attached hydrogens (tertiary/aromatic N) is 1. The predicted octanol–water partition coefficient (Wildman–Crippen LogP) is 2.33. The van der Waals surface area contributed by atoms with Crippen LogP contribution in [-0.2, 0) is 11.2 Å². The van der Waals surface area contributed by atoms with Crippen LogP contribution in [0.3, 0.4) is 0 Å². The average Bonchev–Trinajstić information content (AvgIpc) is 2.36. The zero-order chi connectivity index (χ0) is 11.5. The molecule has 0 bridgehead atoms. The molecule has 0 radical (unpaired) electrons. The van der Waals surface area contributed by atoms with Crippen molar-refractivity contribution in [3.05, 3.63) is 40.5 Å². The first-order valence-electron chi connectivity index (χ1n) is 5.06.